The topological polar surface area (TPSA) is 23.6 Å². The zero-order chi connectivity index (χ0) is 12.9. The first-order valence-electron chi connectivity index (χ1n) is 7.02. The highest BCUT2D eigenvalue weighted by molar-refractivity contribution is 5.78. The Morgan fingerprint density at radius 3 is 2.35 bits per heavy atom. The van der Waals surface area contributed by atoms with Crippen LogP contribution in [0.5, 0.6) is 0 Å². The van der Waals surface area contributed by atoms with Crippen molar-refractivity contribution in [1.29, 1.82) is 0 Å². The van der Waals surface area contributed by atoms with Crippen LogP contribution in [-0.4, -0.2) is 47.9 Å². The number of hydrogen-bond acceptors (Lipinski definition) is 2. The summed E-state index contributed by atoms with van der Waals surface area (Å²) in [4.78, 5) is 16.5. The van der Waals surface area contributed by atoms with Crippen LogP contribution in [0.3, 0.4) is 0 Å². The van der Waals surface area contributed by atoms with Gasteiger partial charge in [-0.15, -0.1) is 0 Å². The fourth-order valence-electron chi connectivity index (χ4n) is 2.66. The number of nitrogens with zero attached hydrogens (tertiary/aromatic N) is 2. The first-order chi connectivity index (χ1) is 8.03. The van der Waals surface area contributed by atoms with Crippen molar-refractivity contribution < 1.29 is 4.79 Å². The Hall–Kier alpha value is -0.570. The highest BCUT2D eigenvalue weighted by Crippen LogP contribution is 2.24. The number of hydrogen-bond donors (Lipinski definition) is 0. The summed E-state index contributed by atoms with van der Waals surface area (Å²) >= 11 is 0. The Kier molecular flexibility index (Phi) is 5.44. The molecule has 1 unspecified atom stereocenters. The summed E-state index contributed by atoms with van der Waals surface area (Å²) in [6.45, 7) is 9.36. The Bertz CT molecular complexity index is 249. The highest BCUT2D eigenvalue weighted by atomic mass is 16.2. The lowest BCUT2D eigenvalue weighted by molar-refractivity contribution is -0.136. The third-order valence-electron chi connectivity index (χ3n) is 4.29. The normalized spacial score (nSPS) is 20.2. The van der Waals surface area contributed by atoms with Crippen molar-refractivity contribution in [2.24, 2.45) is 0 Å². The second kappa shape index (κ2) is 6.39. The maximum atomic E-state index is 12.3. The van der Waals surface area contributed by atoms with E-state index in [1.54, 1.807) is 0 Å². The number of likely N-dealkylation sites (tertiary alicyclic amines) is 1. The summed E-state index contributed by atoms with van der Waals surface area (Å²) in [6, 6.07) is 0. The summed E-state index contributed by atoms with van der Waals surface area (Å²) < 4.78 is 0. The molecule has 0 radical (unpaired) electrons. The van der Waals surface area contributed by atoms with Crippen molar-refractivity contribution in [1.82, 2.24) is 9.80 Å². The molecule has 0 N–H and O–H groups in total. The van der Waals surface area contributed by atoms with Crippen LogP contribution in [0, 0.1) is 0 Å². The van der Waals surface area contributed by atoms with Gasteiger partial charge in [-0.05, 0) is 45.7 Å². The number of amides is 1. The van der Waals surface area contributed by atoms with Gasteiger partial charge in [-0.2, -0.15) is 0 Å². The predicted molar refractivity (Wildman–Crippen MR) is 72.0 cm³/mol. The van der Waals surface area contributed by atoms with Crippen molar-refractivity contribution in [3.8, 4) is 0 Å². The van der Waals surface area contributed by atoms with Crippen molar-refractivity contribution in [2.75, 3.05) is 26.7 Å². The second-order valence-corrected chi connectivity index (χ2v) is 5.54. The molecule has 1 aliphatic heterocycles. The summed E-state index contributed by atoms with van der Waals surface area (Å²) in [5.74, 6) is 0.282. The van der Waals surface area contributed by atoms with E-state index in [0.717, 1.165) is 32.4 Å². The molecular formula is C14H28N2O. The fourth-order valence-corrected chi connectivity index (χ4v) is 2.66. The van der Waals surface area contributed by atoms with Crippen LogP contribution < -0.4 is 0 Å². The summed E-state index contributed by atoms with van der Waals surface area (Å²) in [5, 5.41) is 0. The van der Waals surface area contributed by atoms with E-state index < -0.39 is 0 Å². The molecule has 3 nitrogen and oxygen atoms in total. The molecule has 1 atom stereocenters. The van der Waals surface area contributed by atoms with Gasteiger partial charge in [0.25, 0.3) is 0 Å². The molecule has 0 aromatic rings. The lowest BCUT2D eigenvalue weighted by Crippen LogP contribution is -2.50. The van der Waals surface area contributed by atoms with Crippen LogP contribution in [0.4, 0.5) is 0 Å². The van der Waals surface area contributed by atoms with Crippen LogP contribution >= 0.6 is 0 Å². The molecule has 17 heavy (non-hydrogen) atoms. The minimum atomic E-state index is 0.0333. The average Bonchev–Trinajstić information content (AvgIpc) is 2.81. The molecular weight excluding hydrogens is 212 g/mol. The first kappa shape index (κ1) is 14.5. The maximum Gasteiger partial charge on any atom is 0.236 e. The minimum Gasteiger partial charge on any atom is -0.339 e. The van der Waals surface area contributed by atoms with E-state index in [1.807, 2.05) is 11.9 Å². The number of carbonyl (C=O) groups excluding carboxylic acids is 1. The van der Waals surface area contributed by atoms with Crippen LogP contribution in [0.1, 0.15) is 52.9 Å². The molecule has 0 spiro atoms. The molecule has 1 aliphatic rings. The SMILES string of the molecule is CCCC(C)(CC)N(C)C(=O)CN1CCCC1. The van der Waals surface area contributed by atoms with Gasteiger partial charge < -0.3 is 4.90 Å². The summed E-state index contributed by atoms with van der Waals surface area (Å²) in [6.07, 6.45) is 5.74. The molecule has 100 valence electrons. The van der Waals surface area contributed by atoms with Gasteiger partial charge in [0.1, 0.15) is 0 Å². The fraction of sp³-hybridized carbons (Fsp3) is 0.929. The molecule has 0 saturated carbocycles. The van der Waals surface area contributed by atoms with E-state index in [-0.39, 0.29) is 11.4 Å². The van der Waals surface area contributed by atoms with Crippen LogP contribution in [0.2, 0.25) is 0 Å². The smallest absolute Gasteiger partial charge is 0.236 e. The van der Waals surface area contributed by atoms with Gasteiger partial charge in [0.2, 0.25) is 5.91 Å². The van der Waals surface area contributed by atoms with Crippen molar-refractivity contribution in [2.45, 2.75) is 58.4 Å². The lowest BCUT2D eigenvalue weighted by Gasteiger charge is -2.39. The lowest BCUT2D eigenvalue weighted by atomic mass is 9.91. The van der Waals surface area contributed by atoms with Crippen molar-refractivity contribution in [3.05, 3.63) is 0 Å². The largest absolute Gasteiger partial charge is 0.339 e. The third kappa shape index (κ3) is 3.70. The molecule has 1 saturated heterocycles. The maximum absolute atomic E-state index is 12.3. The quantitative estimate of drug-likeness (QED) is 0.712. The van der Waals surface area contributed by atoms with Crippen molar-refractivity contribution >= 4 is 5.91 Å². The second-order valence-electron chi connectivity index (χ2n) is 5.54. The van der Waals surface area contributed by atoms with Gasteiger partial charge in [0, 0.05) is 12.6 Å². The zero-order valence-corrected chi connectivity index (χ0v) is 12.0. The highest BCUT2D eigenvalue weighted by Gasteiger charge is 2.30. The van der Waals surface area contributed by atoms with Gasteiger partial charge in [0.05, 0.1) is 6.54 Å². The molecule has 0 aromatic heterocycles. The van der Waals surface area contributed by atoms with E-state index in [0.29, 0.717) is 6.54 Å². The van der Waals surface area contributed by atoms with E-state index in [4.69, 9.17) is 0 Å². The summed E-state index contributed by atoms with van der Waals surface area (Å²) in [7, 11) is 1.97. The molecule has 1 rings (SSSR count). The van der Waals surface area contributed by atoms with E-state index in [9.17, 15) is 4.79 Å². The third-order valence-corrected chi connectivity index (χ3v) is 4.29. The monoisotopic (exact) mass is 240 g/mol. The van der Waals surface area contributed by atoms with Crippen LogP contribution in [0.15, 0.2) is 0 Å². The van der Waals surface area contributed by atoms with Crippen molar-refractivity contribution in [3.63, 3.8) is 0 Å². The van der Waals surface area contributed by atoms with Gasteiger partial charge in [0.15, 0.2) is 0 Å². The first-order valence-corrected chi connectivity index (χ1v) is 7.02. The molecule has 1 amide bonds. The number of carbonyl (C=O) groups is 1. The Morgan fingerprint density at radius 2 is 1.88 bits per heavy atom. The Morgan fingerprint density at radius 1 is 1.29 bits per heavy atom. The predicted octanol–water partition coefficient (Wildman–Crippen LogP) is 2.51. The van der Waals surface area contributed by atoms with Crippen LogP contribution in [-0.2, 0) is 4.79 Å². The number of likely N-dealkylation sites (N-methyl/N-ethyl adjacent to an activating group) is 1. The van der Waals surface area contributed by atoms with Gasteiger partial charge in [-0.25, -0.2) is 0 Å². The standard InChI is InChI=1S/C14H28N2O/c1-5-9-14(3,6-2)15(4)13(17)12-16-10-7-8-11-16/h5-12H2,1-4H3. The van der Waals surface area contributed by atoms with Gasteiger partial charge in [-0.1, -0.05) is 20.3 Å². The Balaban J connectivity index is 2.53. The molecule has 3 heteroatoms. The average molecular weight is 240 g/mol. The van der Waals surface area contributed by atoms with Crippen LogP contribution in [0.25, 0.3) is 0 Å². The summed E-state index contributed by atoms with van der Waals surface area (Å²) in [5.41, 5.74) is 0.0333. The molecule has 0 bridgehead atoms. The molecule has 0 aromatic carbocycles. The van der Waals surface area contributed by atoms with E-state index in [1.165, 1.54) is 12.8 Å². The molecule has 1 heterocycles. The Labute approximate surface area is 106 Å². The number of rotatable bonds is 6. The molecule has 0 aliphatic carbocycles. The van der Waals surface area contributed by atoms with Gasteiger partial charge in [-0.3, -0.25) is 9.69 Å². The van der Waals surface area contributed by atoms with E-state index in [2.05, 4.69) is 25.7 Å². The zero-order valence-electron chi connectivity index (χ0n) is 12.0. The van der Waals surface area contributed by atoms with Gasteiger partial charge >= 0.3 is 0 Å². The van der Waals surface area contributed by atoms with E-state index >= 15 is 0 Å². The molecule has 1 fully saturated rings. The minimum absolute atomic E-state index is 0.0333.